The van der Waals surface area contributed by atoms with Gasteiger partial charge in [-0.25, -0.2) is 0 Å². The Morgan fingerprint density at radius 1 is 1.42 bits per heavy atom. The molecular weight excluding hydrogens is 154 g/mol. The zero-order valence-electron chi connectivity index (χ0n) is 6.15. The van der Waals surface area contributed by atoms with Crippen LogP contribution in [0.3, 0.4) is 0 Å². The third-order valence-corrected chi connectivity index (χ3v) is 1.80. The number of pyridine rings is 1. The average molecular weight is 159 g/mol. The van der Waals surface area contributed by atoms with Gasteiger partial charge in [-0.05, 0) is 12.1 Å². The first-order chi connectivity index (χ1) is 5.83. The second kappa shape index (κ2) is 2.37. The molecule has 0 radical (unpaired) electrons. The number of ketones is 1. The Balaban J connectivity index is 2.61. The first-order valence-corrected chi connectivity index (χ1v) is 3.48. The largest absolute Gasteiger partial charge is 0.298 e. The second-order valence-electron chi connectivity index (χ2n) is 2.51. The van der Waals surface area contributed by atoms with E-state index in [9.17, 15) is 9.59 Å². The highest BCUT2D eigenvalue weighted by Crippen LogP contribution is 2.21. The van der Waals surface area contributed by atoms with E-state index in [1.54, 1.807) is 18.3 Å². The normalized spacial score (nSPS) is 14.0. The molecule has 0 fully saturated rings. The summed E-state index contributed by atoms with van der Waals surface area (Å²) >= 11 is 0. The van der Waals surface area contributed by atoms with Crippen LogP contribution in [-0.4, -0.2) is 17.1 Å². The van der Waals surface area contributed by atoms with Crippen molar-refractivity contribution in [2.24, 2.45) is 0 Å². The fraction of sp³-hybridized carbons (Fsp3) is 0. The summed E-state index contributed by atoms with van der Waals surface area (Å²) in [6.45, 7) is 0. The minimum atomic E-state index is -0.206. The number of carbonyl (C=O) groups is 2. The molecule has 0 spiro atoms. The predicted octanol–water partition coefficient (Wildman–Crippen LogP) is 0.860. The lowest BCUT2D eigenvalue weighted by Gasteiger charge is -1.92. The summed E-state index contributed by atoms with van der Waals surface area (Å²) in [5, 5.41) is 0. The summed E-state index contributed by atoms with van der Waals surface area (Å²) < 4.78 is 0. The van der Waals surface area contributed by atoms with E-state index >= 15 is 0 Å². The van der Waals surface area contributed by atoms with E-state index in [2.05, 4.69) is 4.98 Å². The van der Waals surface area contributed by atoms with E-state index in [0.717, 1.165) is 5.56 Å². The minimum Gasteiger partial charge on any atom is -0.298 e. The van der Waals surface area contributed by atoms with Gasteiger partial charge in [-0.15, -0.1) is 0 Å². The number of aldehydes is 1. The fourth-order valence-electron chi connectivity index (χ4n) is 1.20. The molecule has 0 unspecified atom stereocenters. The summed E-state index contributed by atoms with van der Waals surface area (Å²) in [7, 11) is 0. The van der Waals surface area contributed by atoms with E-state index in [1.165, 1.54) is 6.20 Å². The van der Waals surface area contributed by atoms with E-state index in [0.29, 0.717) is 11.8 Å². The van der Waals surface area contributed by atoms with E-state index in [-0.39, 0.29) is 11.4 Å². The predicted molar refractivity (Wildman–Crippen MR) is 42.6 cm³/mol. The SMILES string of the molecule is O=CC1=Cc2cnccc2C1=O. The highest BCUT2D eigenvalue weighted by Gasteiger charge is 2.21. The molecule has 12 heavy (non-hydrogen) atoms. The van der Waals surface area contributed by atoms with Gasteiger partial charge in [0.15, 0.2) is 12.1 Å². The van der Waals surface area contributed by atoms with Crippen molar-refractivity contribution in [1.82, 2.24) is 4.98 Å². The first-order valence-electron chi connectivity index (χ1n) is 3.48. The molecule has 0 N–H and O–H groups in total. The maximum atomic E-state index is 11.3. The molecule has 1 aromatic rings. The number of hydrogen-bond acceptors (Lipinski definition) is 3. The average Bonchev–Trinajstić information content (AvgIpc) is 2.44. The van der Waals surface area contributed by atoms with Crippen molar-refractivity contribution in [3.05, 3.63) is 35.2 Å². The number of aromatic nitrogens is 1. The molecule has 0 saturated heterocycles. The topological polar surface area (TPSA) is 47.0 Å². The van der Waals surface area contributed by atoms with Crippen molar-refractivity contribution >= 4 is 18.1 Å². The maximum Gasteiger partial charge on any atom is 0.197 e. The second-order valence-corrected chi connectivity index (χ2v) is 2.51. The highest BCUT2D eigenvalue weighted by atomic mass is 16.1. The molecule has 1 heterocycles. The van der Waals surface area contributed by atoms with Crippen LogP contribution in [0.25, 0.3) is 6.08 Å². The van der Waals surface area contributed by atoms with Crippen molar-refractivity contribution < 1.29 is 9.59 Å². The van der Waals surface area contributed by atoms with Gasteiger partial charge in [-0.1, -0.05) is 0 Å². The molecule has 0 aromatic carbocycles. The molecule has 0 amide bonds. The van der Waals surface area contributed by atoms with Crippen LogP contribution >= 0.6 is 0 Å². The zero-order chi connectivity index (χ0) is 8.55. The number of nitrogens with zero attached hydrogens (tertiary/aromatic N) is 1. The lowest BCUT2D eigenvalue weighted by atomic mass is 10.1. The molecule has 58 valence electrons. The molecule has 1 aromatic heterocycles. The number of rotatable bonds is 1. The number of carbonyl (C=O) groups excluding carboxylic acids is 2. The third-order valence-electron chi connectivity index (χ3n) is 1.80. The summed E-state index contributed by atoms with van der Waals surface area (Å²) in [5.74, 6) is -0.206. The molecule has 0 aliphatic heterocycles. The zero-order valence-corrected chi connectivity index (χ0v) is 6.15. The van der Waals surface area contributed by atoms with Crippen LogP contribution in [-0.2, 0) is 4.79 Å². The Morgan fingerprint density at radius 3 is 2.92 bits per heavy atom. The van der Waals surface area contributed by atoms with Crippen molar-refractivity contribution in [2.75, 3.05) is 0 Å². The van der Waals surface area contributed by atoms with Gasteiger partial charge in [0.1, 0.15) is 0 Å². The Hall–Kier alpha value is -1.77. The molecular formula is C9H5NO2. The van der Waals surface area contributed by atoms with Crippen molar-refractivity contribution in [2.45, 2.75) is 0 Å². The molecule has 1 aliphatic rings. The van der Waals surface area contributed by atoms with Crippen LogP contribution in [0.1, 0.15) is 15.9 Å². The molecule has 1 aliphatic carbocycles. The van der Waals surface area contributed by atoms with Gasteiger partial charge >= 0.3 is 0 Å². The quantitative estimate of drug-likeness (QED) is 0.451. The Labute approximate surface area is 68.7 Å². The van der Waals surface area contributed by atoms with Crippen LogP contribution in [0, 0.1) is 0 Å². The molecule has 0 saturated carbocycles. The monoisotopic (exact) mass is 159 g/mol. The molecule has 3 heteroatoms. The van der Waals surface area contributed by atoms with Crippen LogP contribution in [0.5, 0.6) is 0 Å². The van der Waals surface area contributed by atoms with Crippen LogP contribution in [0.2, 0.25) is 0 Å². The van der Waals surface area contributed by atoms with Gasteiger partial charge < -0.3 is 0 Å². The minimum absolute atomic E-state index is 0.206. The summed E-state index contributed by atoms with van der Waals surface area (Å²) in [4.78, 5) is 25.5. The van der Waals surface area contributed by atoms with Gasteiger partial charge in [0.05, 0.1) is 5.57 Å². The molecule has 2 rings (SSSR count). The Morgan fingerprint density at radius 2 is 2.25 bits per heavy atom. The molecule has 3 nitrogen and oxygen atoms in total. The van der Waals surface area contributed by atoms with E-state index in [1.807, 2.05) is 0 Å². The van der Waals surface area contributed by atoms with E-state index in [4.69, 9.17) is 0 Å². The maximum absolute atomic E-state index is 11.3. The summed E-state index contributed by atoms with van der Waals surface area (Å²) in [6, 6.07) is 1.62. The Bertz CT molecular complexity index is 393. The van der Waals surface area contributed by atoms with Gasteiger partial charge in [0, 0.05) is 23.5 Å². The standard InChI is InChI=1S/C9H5NO2/c11-5-7-3-6-4-10-2-1-8(6)9(7)12/h1-5H. The third kappa shape index (κ3) is 0.797. The lowest BCUT2D eigenvalue weighted by molar-refractivity contribution is -0.104. The summed E-state index contributed by atoms with van der Waals surface area (Å²) in [6.07, 6.45) is 5.24. The van der Waals surface area contributed by atoms with Crippen LogP contribution < -0.4 is 0 Å². The first kappa shape index (κ1) is 6.91. The molecule has 0 bridgehead atoms. The van der Waals surface area contributed by atoms with Crippen molar-refractivity contribution in [3.8, 4) is 0 Å². The van der Waals surface area contributed by atoms with Crippen LogP contribution in [0.15, 0.2) is 24.0 Å². The van der Waals surface area contributed by atoms with Crippen molar-refractivity contribution in [1.29, 1.82) is 0 Å². The number of allylic oxidation sites excluding steroid dienone is 1. The van der Waals surface area contributed by atoms with Crippen molar-refractivity contribution in [3.63, 3.8) is 0 Å². The van der Waals surface area contributed by atoms with Gasteiger partial charge in [-0.3, -0.25) is 14.6 Å². The molecule has 0 atom stereocenters. The van der Waals surface area contributed by atoms with Gasteiger partial charge in [0.2, 0.25) is 0 Å². The Kier molecular flexibility index (Phi) is 1.37. The highest BCUT2D eigenvalue weighted by molar-refractivity contribution is 6.27. The lowest BCUT2D eigenvalue weighted by Crippen LogP contribution is -1.98. The van der Waals surface area contributed by atoms with E-state index < -0.39 is 0 Å². The number of fused-ring (bicyclic) bond motifs is 1. The van der Waals surface area contributed by atoms with Gasteiger partial charge in [-0.2, -0.15) is 0 Å². The fourth-order valence-corrected chi connectivity index (χ4v) is 1.20. The smallest absolute Gasteiger partial charge is 0.197 e. The number of Topliss-reactive ketones (excluding diaryl/α,β-unsaturated/α-hetero) is 1. The van der Waals surface area contributed by atoms with Crippen LogP contribution in [0.4, 0.5) is 0 Å². The number of hydrogen-bond donors (Lipinski definition) is 0. The summed E-state index contributed by atoms with van der Waals surface area (Å²) in [5.41, 5.74) is 1.50. The van der Waals surface area contributed by atoms with Gasteiger partial charge in [0.25, 0.3) is 0 Å².